The van der Waals surface area contributed by atoms with E-state index in [2.05, 4.69) is 54.3 Å². The van der Waals surface area contributed by atoms with Crippen LogP contribution in [0.1, 0.15) is 44.7 Å². The lowest BCUT2D eigenvalue weighted by molar-refractivity contribution is 0.168. The number of hydrogen-bond donors (Lipinski definition) is 2. The molecule has 2 N–H and O–H groups in total. The van der Waals surface area contributed by atoms with E-state index < -0.39 is 8.32 Å². The molecule has 1 aliphatic rings. The number of piperidine rings is 1. The van der Waals surface area contributed by atoms with Gasteiger partial charge in [0.1, 0.15) is 5.82 Å². The highest BCUT2D eigenvalue weighted by Gasteiger charge is 2.37. The summed E-state index contributed by atoms with van der Waals surface area (Å²) in [5.74, 6) is 0.444. The zero-order chi connectivity index (χ0) is 26.1. The average molecular weight is 531 g/mol. The Hall–Kier alpha value is -1.91. The molecule has 3 aromatic rings. The maximum absolute atomic E-state index is 13.9. The fourth-order valence-corrected chi connectivity index (χ4v) is 6.38. The number of rotatable bonds is 8. The molecule has 0 unspecified atom stereocenters. The van der Waals surface area contributed by atoms with E-state index >= 15 is 0 Å². The molecule has 6 nitrogen and oxygen atoms in total. The van der Waals surface area contributed by atoms with Crippen LogP contribution in [-0.4, -0.2) is 60.8 Å². The standard InChI is InChI=1S/C27H39FN4O2SSi/c1-18-22(16-33)26(31-30-25(18)19-9-10-21-23(28)17-35-24(21)14-19)29-20-8-7-11-32(15-20)12-13-34-36(5,6)27(2,3)4/h9-10,14,17,20,33H,7-8,11-13,15-16H2,1-6H3,(H,29,31)/t20-/m1/s1. The van der Waals surface area contributed by atoms with Gasteiger partial charge in [-0.3, -0.25) is 4.90 Å². The Bertz CT molecular complexity index is 1210. The largest absolute Gasteiger partial charge is 0.416 e. The van der Waals surface area contributed by atoms with Crippen molar-refractivity contribution in [3.8, 4) is 11.3 Å². The lowest BCUT2D eigenvalue weighted by atomic mass is 10.0. The van der Waals surface area contributed by atoms with Crippen LogP contribution in [0, 0.1) is 12.7 Å². The summed E-state index contributed by atoms with van der Waals surface area (Å²) in [6.45, 7) is 16.9. The minimum absolute atomic E-state index is 0.122. The smallest absolute Gasteiger partial charge is 0.192 e. The van der Waals surface area contributed by atoms with Crippen molar-refractivity contribution >= 4 is 35.6 Å². The van der Waals surface area contributed by atoms with Gasteiger partial charge in [0.15, 0.2) is 14.1 Å². The van der Waals surface area contributed by atoms with Gasteiger partial charge in [-0.05, 0) is 62.1 Å². The number of nitrogens with zero attached hydrogens (tertiary/aromatic N) is 3. The second-order valence-corrected chi connectivity index (χ2v) is 17.1. The zero-order valence-electron chi connectivity index (χ0n) is 22.3. The van der Waals surface area contributed by atoms with Gasteiger partial charge < -0.3 is 14.8 Å². The van der Waals surface area contributed by atoms with Gasteiger partial charge in [0.25, 0.3) is 0 Å². The summed E-state index contributed by atoms with van der Waals surface area (Å²) in [6.07, 6.45) is 2.15. The Balaban J connectivity index is 1.43. The molecule has 0 saturated carbocycles. The van der Waals surface area contributed by atoms with Crippen molar-refractivity contribution < 1.29 is 13.9 Å². The van der Waals surface area contributed by atoms with Gasteiger partial charge in [0.05, 0.1) is 12.3 Å². The van der Waals surface area contributed by atoms with E-state index in [1.807, 2.05) is 19.1 Å². The summed E-state index contributed by atoms with van der Waals surface area (Å²) < 4.78 is 21.1. The van der Waals surface area contributed by atoms with Crippen molar-refractivity contribution in [2.75, 3.05) is 31.6 Å². The van der Waals surface area contributed by atoms with Gasteiger partial charge in [0, 0.05) is 52.3 Å². The van der Waals surface area contributed by atoms with Gasteiger partial charge in [-0.1, -0.05) is 26.8 Å². The molecule has 1 fully saturated rings. The third-order valence-corrected chi connectivity index (χ3v) is 13.3. The molecule has 0 radical (unpaired) electrons. The number of aromatic nitrogens is 2. The Labute approximate surface area is 219 Å². The van der Waals surface area contributed by atoms with E-state index in [4.69, 9.17) is 4.43 Å². The maximum atomic E-state index is 13.9. The molecule has 9 heteroatoms. The first-order valence-corrected chi connectivity index (χ1v) is 16.6. The fraction of sp³-hybridized carbons (Fsp3) is 0.556. The minimum atomic E-state index is -1.74. The molecule has 0 bridgehead atoms. The number of aliphatic hydroxyl groups is 1. The van der Waals surface area contributed by atoms with Gasteiger partial charge in [0.2, 0.25) is 0 Å². The molecular formula is C27H39FN4O2SSi. The quantitative estimate of drug-likeness (QED) is 0.338. The molecule has 36 heavy (non-hydrogen) atoms. The minimum Gasteiger partial charge on any atom is -0.416 e. The van der Waals surface area contributed by atoms with Crippen molar-refractivity contribution in [3.05, 3.63) is 40.5 Å². The number of hydrogen-bond acceptors (Lipinski definition) is 7. The number of benzene rings is 1. The molecular weight excluding hydrogens is 491 g/mol. The fourth-order valence-electron chi connectivity index (χ4n) is 4.50. The van der Waals surface area contributed by atoms with Crippen LogP contribution in [0.4, 0.5) is 10.2 Å². The first-order valence-electron chi connectivity index (χ1n) is 12.8. The Morgan fingerprint density at radius 3 is 2.78 bits per heavy atom. The van der Waals surface area contributed by atoms with Crippen LogP contribution in [0.25, 0.3) is 21.3 Å². The van der Waals surface area contributed by atoms with Crippen molar-refractivity contribution in [2.24, 2.45) is 0 Å². The highest BCUT2D eigenvalue weighted by Crippen LogP contribution is 2.36. The van der Waals surface area contributed by atoms with Crippen LogP contribution in [0.2, 0.25) is 18.1 Å². The van der Waals surface area contributed by atoms with Crippen LogP contribution >= 0.6 is 11.3 Å². The highest BCUT2D eigenvalue weighted by molar-refractivity contribution is 7.17. The summed E-state index contributed by atoms with van der Waals surface area (Å²) in [4.78, 5) is 2.46. The van der Waals surface area contributed by atoms with Crippen LogP contribution in [0.15, 0.2) is 23.6 Å². The van der Waals surface area contributed by atoms with Crippen molar-refractivity contribution in [1.82, 2.24) is 15.1 Å². The van der Waals surface area contributed by atoms with Crippen LogP contribution in [0.3, 0.4) is 0 Å². The van der Waals surface area contributed by atoms with Crippen LogP contribution in [0.5, 0.6) is 0 Å². The molecule has 1 atom stereocenters. The summed E-state index contributed by atoms with van der Waals surface area (Å²) >= 11 is 1.38. The number of anilines is 1. The Kier molecular flexibility index (Phi) is 8.16. The molecule has 196 valence electrons. The zero-order valence-corrected chi connectivity index (χ0v) is 24.1. The normalized spacial score (nSPS) is 17.6. The molecule has 0 aliphatic carbocycles. The van der Waals surface area contributed by atoms with Crippen molar-refractivity contribution in [1.29, 1.82) is 0 Å². The number of nitrogens with one attached hydrogen (secondary N) is 1. The van der Waals surface area contributed by atoms with E-state index in [0.717, 1.165) is 60.5 Å². The monoisotopic (exact) mass is 530 g/mol. The van der Waals surface area contributed by atoms with E-state index in [1.54, 1.807) is 6.07 Å². The predicted octanol–water partition coefficient (Wildman–Crippen LogP) is 6.20. The predicted molar refractivity (Wildman–Crippen MR) is 150 cm³/mol. The molecule has 0 spiro atoms. The Morgan fingerprint density at radius 1 is 1.28 bits per heavy atom. The van der Waals surface area contributed by atoms with E-state index in [0.29, 0.717) is 16.9 Å². The molecule has 4 rings (SSSR count). The van der Waals surface area contributed by atoms with E-state index in [1.165, 1.54) is 16.7 Å². The number of thiophene rings is 1. The lowest BCUT2D eigenvalue weighted by Crippen LogP contribution is -2.46. The third-order valence-electron chi connectivity index (χ3n) is 7.83. The second-order valence-electron chi connectivity index (χ2n) is 11.3. The van der Waals surface area contributed by atoms with Crippen molar-refractivity contribution in [2.45, 2.75) is 71.3 Å². The highest BCUT2D eigenvalue weighted by atomic mass is 32.1. The third kappa shape index (κ3) is 5.81. The Morgan fingerprint density at radius 2 is 2.06 bits per heavy atom. The summed E-state index contributed by atoms with van der Waals surface area (Å²) in [5, 5.41) is 25.1. The topological polar surface area (TPSA) is 70.5 Å². The number of likely N-dealkylation sites (tertiary alicyclic amines) is 1. The lowest BCUT2D eigenvalue weighted by Gasteiger charge is -2.38. The first kappa shape index (κ1) is 27.1. The average Bonchev–Trinajstić information content (AvgIpc) is 3.19. The second kappa shape index (κ2) is 10.8. The summed E-state index contributed by atoms with van der Waals surface area (Å²) in [7, 11) is -1.74. The summed E-state index contributed by atoms with van der Waals surface area (Å²) in [5.41, 5.74) is 3.24. The van der Waals surface area contributed by atoms with Crippen LogP contribution < -0.4 is 5.32 Å². The van der Waals surface area contributed by atoms with Gasteiger partial charge in [-0.2, -0.15) is 0 Å². The number of fused-ring (bicyclic) bond motifs is 1. The molecule has 2 aromatic heterocycles. The van der Waals surface area contributed by atoms with Gasteiger partial charge in [-0.15, -0.1) is 21.5 Å². The molecule has 1 aliphatic heterocycles. The first-order chi connectivity index (χ1) is 17.0. The maximum Gasteiger partial charge on any atom is 0.192 e. The molecule has 1 aromatic carbocycles. The number of aliphatic hydroxyl groups excluding tert-OH is 1. The molecule has 0 amide bonds. The molecule has 3 heterocycles. The van der Waals surface area contributed by atoms with Crippen LogP contribution in [-0.2, 0) is 11.0 Å². The van der Waals surface area contributed by atoms with Gasteiger partial charge in [-0.25, -0.2) is 4.39 Å². The molecule has 1 saturated heterocycles. The van der Waals surface area contributed by atoms with E-state index in [-0.39, 0.29) is 23.5 Å². The van der Waals surface area contributed by atoms with E-state index in [9.17, 15) is 9.50 Å². The number of halogens is 1. The van der Waals surface area contributed by atoms with Crippen molar-refractivity contribution in [3.63, 3.8) is 0 Å². The summed E-state index contributed by atoms with van der Waals surface area (Å²) in [6, 6.07) is 5.84. The SMILES string of the molecule is Cc1c(-c2ccc3c(F)csc3c2)nnc(N[C@@H]2CCCN(CCO[Si](C)(C)C(C)(C)C)C2)c1CO. The van der Waals surface area contributed by atoms with Gasteiger partial charge >= 0.3 is 0 Å².